The summed E-state index contributed by atoms with van der Waals surface area (Å²) in [6, 6.07) is 5.73. The highest BCUT2D eigenvalue weighted by Crippen LogP contribution is 2.17. The van der Waals surface area contributed by atoms with E-state index >= 15 is 0 Å². The van der Waals surface area contributed by atoms with Crippen molar-refractivity contribution in [1.29, 1.82) is 0 Å². The Morgan fingerprint density at radius 2 is 1.88 bits per heavy atom. The first-order valence-electron chi connectivity index (χ1n) is 5.02. The molecule has 0 aliphatic heterocycles. The molecule has 0 saturated heterocycles. The zero-order chi connectivity index (χ0) is 12.9. The molecule has 17 heavy (non-hydrogen) atoms. The average Bonchev–Trinajstić information content (AvgIpc) is 2.27. The summed E-state index contributed by atoms with van der Waals surface area (Å²) < 4.78 is 30.8. The highest BCUT2D eigenvalue weighted by Gasteiger charge is 2.12. The van der Waals surface area contributed by atoms with Crippen LogP contribution in [0, 0.1) is 5.92 Å². The number of nitrogens with zero attached hydrogens (tertiary/aromatic N) is 1. The van der Waals surface area contributed by atoms with E-state index in [1.54, 1.807) is 0 Å². The lowest BCUT2D eigenvalue weighted by atomic mass is 10.2. The van der Waals surface area contributed by atoms with Crippen LogP contribution >= 0.6 is 0 Å². The highest BCUT2D eigenvalue weighted by molar-refractivity contribution is 7.90. The molecular weight excluding hydrogens is 242 g/mol. The Kier molecular flexibility index (Phi) is 4.43. The van der Waals surface area contributed by atoms with Gasteiger partial charge in [0.15, 0.2) is 0 Å². The third-order valence-electron chi connectivity index (χ3n) is 1.86. The number of ether oxygens (including phenoxy) is 1. The van der Waals surface area contributed by atoms with Crippen molar-refractivity contribution in [3.05, 3.63) is 24.3 Å². The van der Waals surface area contributed by atoms with Gasteiger partial charge in [0.25, 0.3) is 16.1 Å². The van der Waals surface area contributed by atoms with Crippen LogP contribution in [0.4, 0.5) is 0 Å². The van der Waals surface area contributed by atoms with Gasteiger partial charge in [-0.05, 0) is 30.2 Å². The topological polar surface area (TPSA) is 72.8 Å². The minimum absolute atomic E-state index is 0.0576. The summed E-state index contributed by atoms with van der Waals surface area (Å²) in [5.74, 6) is 0.964. The van der Waals surface area contributed by atoms with Gasteiger partial charge in [-0.1, -0.05) is 18.2 Å². The van der Waals surface area contributed by atoms with Crippen molar-refractivity contribution in [3.63, 3.8) is 0 Å². The van der Waals surface area contributed by atoms with Crippen molar-refractivity contribution < 1.29 is 17.9 Å². The molecule has 0 aromatic heterocycles. The van der Waals surface area contributed by atoms with E-state index in [-0.39, 0.29) is 4.90 Å². The lowest BCUT2D eigenvalue weighted by molar-refractivity contribution is 0.271. The van der Waals surface area contributed by atoms with Crippen molar-refractivity contribution >= 4 is 16.1 Å². The fourth-order valence-electron chi connectivity index (χ4n) is 1.07. The van der Waals surface area contributed by atoms with Crippen LogP contribution in [0.3, 0.4) is 0 Å². The molecule has 0 atom stereocenters. The molecule has 0 radical (unpaired) electrons. The SMILES string of the molecule is CC(C)COc1ccc(S(=O)(=O)N=C=O)cc1. The van der Waals surface area contributed by atoms with E-state index in [2.05, 4.69) is 4.40 Å². The summed E-state index contributed by atoms with van der Waals surface area (Å²) >= 11 is 0. The Balaban J connectivity index is 2.85. The maximum atomic E-state index is 11.3. The predicted molar refractivity (Wildman–Crippen MR) is 62.1 cm³/mol. The first-order valence-corrected chi connectivity index (χ1v) is 6.46. The van der Waals surface area contributed by atoms with Crippen LogP contribution in [-0.4, -0.2) is 21.1 Å². The number of isocyanates is 1. The van der Waals surface area contributed by atoms with Gasteiger partial charge in [0, 0.05) is 0 Å². The van der Waals surface area contributed by atoms with E-state index in [0.29, 0.717) is 18.3 Å². The van der Waals surface area contributed by atoms with E-state index in [1.165, 1.54) is 24.3 Å². The number of rotatable bonds is 5. The number of carbonyl (C=O) groups excluding carboxylic acids is 1. The molecule has 1 aromatic rings. The molecule has 0 amide bonds. The summed E-state index contributed by atoms with van der Waals surface area (Å²) in [5, 5.41) is 0. The fraction of sp³-hybridized carbons (Fsp3) is 0.364. The molecule has 0 aliphatic rings. The van der Waals surface area contributed by atoms with Gasteiger partial charge in [-0.3, -0.25) is 0 Å². The normalized spacial score (nSPS) is 11.0. The lowest BCUT2D eigenvalue weighted by Gasteiger charge is -2.08. The summed E-state index contributed by atoms with van der Waals surface area (Å²) in [7, 11) is -3.91. The Bertz CT molecular complexity index is 513. The molecule has 1 rings (SSSR count). The standard InChI is InChI=1S/C11H13NO4S/c1-9(2)7-16-10-3-5-11(6-4-10)17(14,15)12-8-13/h3-6,9H,7H2,1-2H3. The predicted octanol–water partition coefficient (Wildman–Crippen LogP) is 1.75. The minimum Gasteiger partial charge on any atom is -0.493 e. The third kappa shape index (κ3) is 4.01. The minimum atomic E-state index is -3.91. The fourth-order valence-corrected chi connectivity index (χ4v) is 1.76. The second-order valence-corrected chi connectivity index (χ2v) is 5.44. The van der Waals surface area contributed by atoms with Gasteiger partial charge in [0.05, 0.1) is 11.5 Å². The van der Waals surface area contributed by atoms with Crippen molar-refractivity contribution in [3.8, 4) is 5.75 Å². The Morgan fingerprint density at radius 3 is 2.35 bits per heavy atom. The molecule has 92 valence electrons. The van der Waals surface area contributed by atoms with Crippen LogP contribution in [0.25, 0.3) is 0 Å². The molecular formula is C11H13NO4S. The number of sulfonamides is 1. The molecule has 0 saturated carbocycles. The van der Waals surface area contributed by atoms with E-state index in [1.807, 2.05) is 13.8 Å². The average molecular weight is 255 g/mol. The molecule has 0 bridgehead atoms. The zero-order valence-electron chi connectivity index (χ0n) is 9.58. The van der Waals surface area contributed by atoms with Crippen molar-refractivity contribution in [2.75, 3.05) is 6.61 Å². The highest BCUT2D eigenvalue weighted by atomic mass is 32.2. The van der Waals surface area contributed by atoms with Crippen LogP contribution in [0.5, 0.6) is 5.75 Å². The Morgan fingerprint density at radius 1 is 1.29 bits per heavy atom. The van der Waals surface area contributed by atoms with Gasteiger partial charge < -0.3 is 4.74 Å². The van der Waals surface area contributed by atoms with Crippen LogP contribution in [0.2, 0.25) is 0 Å². The van der Waals surface area contributed by atoms with Crippen molar-refractivity contribution in [1.82, 2.24) is 0 Å². The second-order valence-electron chi connectivity index (χ2n) is 3.83. The first kappa shape index (κ1) is 13.4. The smallest absolute Gasteiger partial charge is 0.292 e. The van der Waals surface area contributed by atoms with Crippen molar-refractivity contribution in [2.45, 2.75) is 18.7 Å². The molecule has 0 N–H and O–H groups in total. The molecule has 0 aliphatic carbocycles. The largest absolute Gasteiger partial charge is 0.493 e. The number of hydrogen-bond donors (Lipinski definition) is 0. The van der Waals surface area contributed by atoms with E-state index in [9.17, 15) is 13.2 Å². The van der Waals surface area contributed by atoms with E-state index < -0.39 is 10.0 Å². The van der Waals surface area contributed by atoms with Gasteiger partial charge >= 0.3 is 0 Å². The van der Waals surface area contributed by atoms with E-state index in [4.69, 9.17) is 4.74 Å². The molecule has 0 heterocycles. The van der Waals surface area contributed by atoms with Crippen LogP contribution in [-0.2, 0) is 14.8 Å². The van der Waals surface area contributed by atoms with Gasteiger partial charge in [-0.2, -0.15) is 8.42 Å². The summed E-state index contributed by atoms with van der Waals surface area (Å²) in [6.07, 6.45) is 1.02. The summed E-state index contributed by atoms with van der Waals surface area (Å²) in [6.45, 7) is 4.58. The molecule has 0 spiro atoms. The Hall–Kier alpha value is -1.65. The van der Waals surface area contributed by atoms with Gasteiger partial charge in [0.2, 0.25) is 0 Å². The van der Waals surface area contributed by atoms with E-state index in [0.717, 1.165) is 6.08 Å². The zero-order valence-corrected chi connectivity index (χ0v) is 10.4. The number of benzene rings is 1. The summed E-state index contributed by atoms with van der Waals surface area (Å²) in [4.78, 5) is 9.89. The molecule has 0 fully saturated rings. The molecule has 5 nitrogen and oxygen atoms in total. The van der Waals surface area contributed by atoms with Gasteiger partial charge in [-0.15, -0.1) is 0 Å². The first-order chi connectivity index (χ1) is 7.95. The quantitative estimate of drug-likeness (QED) is 0.593. The van der Waals surface area contributed by atoms with Crippen LogP contribution < -0.4 is 4.74 Å². The maximum absolute atomic E-state index is 11.3. The molecule has 1 aromatic carbocycles. The lowest BCUT2D eigenvalue weighted by Crippen LogP contribution is -2.04. The maximum Gasteiger partial charge on any atom is 0.292 e. The van der Waals surface area contributed by atoms with Gasteiger partial charge in [-0.25, -0.2) is 4.79 Å². The third-order valence-corrected chi connectivity index (χ3v) is 3.05. The van der Waals surface area contributed by atoms with Crippen LogP contribution in [0.15, 0.2) is 33.6 Å². The monoisotopic (exact) mass is 255 g/mol. The van der Waals surface area contributed by atoms with Crippen LogP contribution in [0.1, 0.15) is 13.8 Å². The van der Waals surface area contributed by atoms with Crippen molar-refractivity contribution in [2.24, 2.45) is 10.3 Å². The second kappa shape index (κ2) is 5.61. The molecule has 6 heteroatoms. The summed E-state index contributed by atoms with van der Waals surface area (Å²) in [5.41, 5.74) is 0. The van der Waals surface area contributed by atoms with Gasteiger partial charge in [0.1, 0.15) is 5.75 Å². The Labute approximate surface area is 100 Å². The number of hydrogen-bond acceptors (Lipinski definition) is 4. The molecule has 0 unspecified atom stereocenters.